The maximum absolute atomic E-state index is 12.8. The zero-order chi connectivity index (χ0) is 10.8. The van der Waals surface area contributed by atoms with Gasteiger partial charge in [0.25, 0.3) is 0 Å². The maximum atomic E-state index is 12.8. The van der Waals surface area contributed by atoms with Crippen molar-refractivity contribution in [2.75, 3.05) is 13.2 Å². The van der Waals surface area contributed by atoms with E-state index in [2.05, 4.69) is 0 Å². The highest BCUT2D eigenvalue weighted by atomic mass is 127. The third-order valence-corrected chi connectivity index (χ3v) is 3.39. The molecule has 1 atom stereocenters. The highest BCUT2D eigenvalue weighted by molar-refractivity contribution is 14.1. The van der Waals surface area contributed by atoms with Crippen molar-refractivity contribution in [3.8, 4) is 0 Å². The second-order valence-corrected chi connectivity index (χ2v) is 4.71. The lowest BCUT2D eigenvalue weighted by Gasteiger charge is -2.08. The summed E-state index contributed by atoms with van der Waals surface area (Å²) in [6.45, 7) is 1.14. The van der Waals surface area contributed by atoms with Gasteiger partial charge in [0, 0.05) is 21.7 Å². The van der Waals surface area contributed by atoms with Crippen LogP contribution in [0.4, 0.5) is 4.39 Å². The van der Waals surface area contributed by atoms with Gasteiger partial charge in [-0.3, -0.25) is 4.79 Å². The molecule has 4 heteroatoms. The summed E-state index contributed by atoms with van der Waals surface area (Å²) in [5, 5.41) is 0. The second kappa shape index (κ2) is 4.57. The van der Waals surface area contributed by atoms with E-state index in [0.29, 0.717) is 22.3 Å². The third-order valence-electron chi connectivity index (χ3n) is 2.50. The topological polar surface area (TPSA) is 26.3 Å². The van der Waals surface area contributed by atoms with E-state index in [9.17, 15) is 9.18 Å². The van der Waals surface area contributed by atoms with Crippen molar-refractivity contribution in [1.82, 2.24) is 0 Å². The van der Waals surface area contributed by atoms with Gasteiger partial charge in [-0.25, -0.2) is 4.39 Å². The molecule has 0 radical (unpaired) electrons. The molecule has 0 amide bonds. The summed E-state index contributed by atoms with van der Waals surface area (Å²) >= 11 is 1.99. The molecule has 1 heterocycles. The molecule has 2 rings (SSSR count). The van der Waals surface area contributed by atoms with Crippen LogP contribution in [-0.4, -0.2) is 19.0 Å². The minimum Gasteiger partial charge on any atom is -0.381 e. The summed E-state index contributed by atoms with van der Waals surface area (Å²) in [5.74, 6) is -0.292. The normalized spacial score (nSPS) is 20.5. The van der Waals surface area contributed by atoms with E-state index in [4.69, 9.17) is 4.74 Å². The van der Waals surface area contributed by atoms with Crippen LogP contribution in [0.1, 0.15) is 16.8 Å². The lowest BCUT2D eigenvalue weighted by atomic mass is 9.97. The van der Waals surface area contributed by atoms with Gasteiger partial charge in [0.1, 0.15) is 5.82 Å². The van der Waals surface area contributed by atoms with Crippen LogP contribution in [0.5, 0.6) is 0 Å². The Labute approximate surface area is 101 Å². The van der Waals surface area contributed by atoms with Crippen LogP contribution in [-0.2, 0) is 4.74 Å². The standard InChI is InChI=1S/C11H10FIO2/c12-8-1-2-9(10(13)5-8)11(14)7-3-4-15-6-7/h1-2,5,7H,3-4,6H2. The fraction of sp³-hybridized carbons (Fsp3) is 0.364. The van der Waals surface area contributed by atoms with E-state index in [0.717, 1.165) is 6.42 Å². The van der Waals surface area contributed by atoms with Crippen LogP contribution >= 0.6 is 22.6 Å². The molecule has 0 spiro atoms. The molecular weight excluding hydrogens is 310 g/mol. The lowest BCUT2D eigenvalue weighted by molar-refractivity contribution is 0.0899. The maximum Gasteiger partial charge on any atom is 0.169 e. The van der Waals surface area contributed by atoms with Crippen molar-refractivity contribution in [2.45, 2.75) is 6.42 Å². The first-order valence-corrected chi connectivity index (χ1v) is 5.83. The van der Waals surface area contributed by atoms with Gasteiger partial charge >= 0.3 is 0 Å². The number of rotatable bonds is 2. The first-order chi connectivity index (χ1) is 7.18. The molecule has 0 bridgehead atoms. The van der Waals surface area contributed by atoms with Crippen molar-refractivity contribution in [2.24, 2.45) is 5.92 Å². The number of benzene rings is 1. The monoisotopic (exact) mass is 320 g/mol. The Balaban J connectivity index is 2.24. The van der Waals surface area contributed by atoms with Gasteiger partial charge in [-0.15, -0.1) is 0 Å². The largest absolute Gasteiger partial charge is 0.381 e. The molecule has 1 aromatic rings. The Morgan fingerprint density at radius 1 is 1.53 bits per heavy atom. The molecule has 1 saturated heterocycles. The molecule has 2 nitrogen and oxygen atoms in total. The smallest absolute Gasteiger partial charge is 0.169 e. The van der Waals surface area contributed by atoms with Crippen LogP contribution in [0, 0.1) is 15.3 Å². The highest BCUT2D eigenvalue weighted by Crippen LogP contribution is 2.22. The minimum absolute atomic E-state index is 0.0519. The Hall–Kier alpha value is -0.490. The van der Waals surface area contributed by atoms with E-state index in [1.807, 2.05) is 22.6 Å². The van der Waals surface area contributed by atoms with Gasteiger partial charge in [0.15, 0.2) is 5.78 Å². The van der Waals surface area contributed by atoms with Crippen molar-refractivity contribution in [3.05, 3.63) is 33.1 Å². The van der Waals surface area contributed by atoms with Crippen LogP contribution in [0.25, 0.3) is 0 Å². The fourth-order valence-corrected chi connectivity index (χ4v) is 2.39. The molecule has 0 aromatic heterocycles. The van der Waals surface area contributed by atoms with E-state index >= 15 is 0 Å². The van der Waals surface area contributed by atoms with Crippen molar-refractivity contribution in [3.63, 3.8) is 0 Å². The van der Waals surface area contributed by atoms with Gasteiger partial charge in [-0.1, -0.05) is 0 Å². The Morgan fingerprint density at radius 2 is 2.33 bits per heavy atom. The van der Waals surface area contributed by atoms with Crippen molar-refractivity contribution in [1.29, 1.82) is 0 Å². The number of ether oxygens (including phenoxy) is 1. The predicted octanol–water partition coefficient (Wildman–Crippen LogP) is 2.65. The number of ketones is 1. The number of halogens is 2. The van der Waals surface area contributed by atoms with Gasteiger partial charge in [-0.2, -0.15) is 0 Å². The quantitative estimate of drug-likeness (QED) is 0.619. The number of carbonyl (C=O) groups excluding carboxylic acids is 1. The fourth-order valence-electron chi connectivity index (χ4n) is 1.65. The molecular formula is C11H10FIO2. The average molecular weight is 320 g/mol. The first-order valence-electron chi connectivity index (χ1n) is 4.75. The van der Waals surface area contributed by atoms with Crippen LogP contribution < -0.4 is 0 Å². The number of Topliss-reactive ketones (excluding diaryl/α,β-unsaturated/α-hetero) is 1. The van der Waals surface area contributed by atoms with E-state index < -0.39 is 0 Å². The summed E-state index contributed by atoms with van der Waals surface area (Å²) in [7, 11) is 0. The lowest BCUT2D eigenvalue weighted by Crippen LogP contribution is -2.15. The van der Waals surface area contributed by atoms with Crippen molar-refractivity contribution < 1.29 is 13.9 Å². The summed E-state index contributed by atoms with van der Waals surface area (Å²) < 4.78 is 18.7. The number of carbonyl (C=O) groups is 1. The summed E-state index contributed by atoms with van der Waals surface area (Å²) in [4.78, 5) is 12.0. The highest BCUT2D eigenvalue weighted by Gasteiger charge is 2.25. The van der Waals surface area contributed by atoms with Gasteiger partial charge < -0.3 is 4.74 Å². The summed E-state index contributed by atoms with van der Waals surface area (Å²) in [6.07, 6.45) is 0.770. The van der Waals surface area contributed by atoms with Gasteiger partial charge in [0.05, 0.1) is 6.61 Å². The molecule has 0 saturated carbocycles. The summed E-state index contributed by atoms with van der Waals surface area (Å²) in [5.41, 5.74) is 0.604. The van der Waals surface area contributed by atoms with Crippen LogP contribution in [0.15, 0.2) is 18.2 Å². The average Bonchev–Trinajstić information content (AvgIpc) is 2.69. The van der Waals surface area contributed by atoms with Crippen LogP contribution in [0.2, 0.25) is 0 Å². The molecule has 1 fully saturated rings. The zero-order valence-electron chi connectivity index (χ0n) is 8.00. The zero-order valence-corrected chi connectivity index (χ0v) is 10.2. The van der Waals surface area contributed by atoms with E-state index in [-0.39, 0.29) is 17.5 Å². The molecule has 1 aliphatic heterocycles. The molecule has 1 aromatic carbocycles. The van der Waals surface area contributed by atoms with Crippen molar-refractivity contribution >= 4 is 28.4 Å². The Morgan fingerprint density at radius 3 is 2.93 bits per heavy atom. The number of hydrogen-bond donors (Lipinski definition) is 0. The Bertz CT molecular complexity index is 386. The number of hydrogen-bond acceptors (Lipinski definition) is 2. The summed E-state index contributed by atoms with van der Waals surface area (Å²) in [6, 6.07) is 4.26. The molecule has 0 aliphatic carbocycles. The van der Waals surface area contributed by atoms with E-state index in [1.54, 1.807) is 6.07 Å². The third kappa shape index (κ3) is 2.36. The predicted molar refractivity (Wildman–Crippen MR) is 62.4 cm³/mol. The molecule has 15 heavy (non-hydrogen) atoms. The second-order valence-electron chi connectivity index (χ2n) is 3.55. The molecule has 0 N–H and O–H groups in total. The van der Waals surface area contributed by atoms with Crippen LogP contribution in [0.3, 0.4) is 0 Å². The first kappa shape index (κ1) is 11.0. The molecule has 1 aliphatic rings. The Kier molecular flexibility index (Phi) is 3.35. The van der Waals surface area contributed by atoms with Gasteiger partial charge in [0.2, 0.25) is 0 Å². The molecule has 80 valence electrons. The minimum atomic E-state index is -0.307. The SMILES string of the molecule is O=C(c1ccc(F)cc1I)C1CCOC1. The molecule has 1 unspecified atom stereocenters. The van der Waals surface area contributed by atoms with Gasteiger partial charge in [-0.05, 0) is 47.2 Å². The van der Waals surface area contributed by atoms with E-state index in [1.165, 1.54) is 12.1 Å².